The maximum absolute atomic E-state index is 10.9. The molecule has 118 valence electrons. The maximum atomic E-state index is 10.9. The zero-order chi connectivity index (χ0) is 15.8. The summed E-state index contributed by atoms with van der Waals surface area (Å²) in [7, 11) is 3.76. The summed E-state index contributed by atoms with van der Waals surface area (Å²) in [5.41, 5.74) is -0.103. The van der Waals surface area contributed by atoms with Gasteiger partial charge < -0.3 is 15.5 Å². The Labute approximate surface area is 125 Å². The van der Waals surface area contributed by atoms with Crippen LogP contribution in [0.3, 0.4) is 0 Å². The third kappa shape index (κ3) is 5.50. The minimum absolute atomic E-state index is 0.103. The Morgan fingerprint density at radius 1 is 1.43 bits per heavy atom. The summed E-state index contributed by atoms with van der Waals surface area (Å²) in [6.45, 7) is 5.96. The molecule has 2 N–H and O–H groups in total. The zero-order valence-electron chi connectivity index (χ0n) is 13.1. The molecule has 8 nitrogen and oxygen atoms in total. The molecule has 0 fully saturated rings. The Balaban J connectivity index is 2.49. The largest absolute Gasteiger partial charge is 0.364 e. The molecule has 0 aliphatic heterocycles. The summed E-state index contributed by atoms with van der Waals surface area (Å²) >= 11 is 0. The van der Waals surface area contributed by atoms with Crippen LogP contribution < -0.4 is 10.6 Å². The number of rotatable bonds is 9. The van der Waals surface area contributed by atoms with E-state index in [1.807, 2.05) is 0 Å². The molecule has 0 radical (unpaired) electrons. The van der Waals surface area contributed by atoms with Crippen molar-refractivity contribution in [2.75, 3.05) is 37.8 Å². The topological polar surface area (TPSA) is 96.2 Å². The van der Waals surface area contributed by atoms with Crippen LogP contribution in [0.25, 0.3) is 0 Å². The smallest absolute Gasteiger partial charge is 0.329 e. The highest BCUT2D eigenvalue weighted by Crippen LogP contribution is 2.21. The number of unbranched alkanes of at least 4 members (excludes halogenated alkanes) is 1. The fourth-order valence-corrected chi connectivity index (χ4v) is 1.71. The summed E-state index contributed by atoms with van der Waals surface area (Å²) in [6, 6.07) is 0.527. The Morgan fingerprint density at radius 2 is 2.14 bits per heavy atom. The predicted octanol–water partition coefficient (Wildman–Crippen LogP) is 1.96. The van der Waals surface area contributed by atoms with Crippen molar-refractivity contribution >= 4 is 17.5 Å². The second-order valence-electron chi connectivity index (χ2n) is 5.14. The molecule has 8 heteroatoms. The van der Waals surface area contributed by atoms with Gasteiger partial charge in [-0.25, -0.2) is 4.98 Å². The zero-order valence-corrected chi connectivity index (χ0v) is 13.1. The van der Waals surface area contributed by atoms with E-state index in [1.54, 1.807) is 7.05 Å². The van der Waals surface area contributed by atoms with Gasteiger partial charge in [-0.05, 0) is 40.3 Å². The first-order chi connectivity index (χ1) is 9.95. The molecule has 1 heterocycles. The molecule has 0 saturated carbocycles. The number of hydrogen-bond donors (Lipinski definition) is 2. The van der Waals surface area contributed by atoms with E-state index in [1.165, 1.54) is 6.20 Å². The Bertz CT molecular complexity index is 466. The lowest BCUT2D eigenvalue weighted by atomic mass is 10.2. The van der Waals surface area contributed by atoms with E-state index in [4.69, 9.17) is 0 Å². The number of anilines is 2. The molecule has 0 aliphatic carbocycles. The number of hydrogen-bond acceptors (Lipinski definition) is 7. The van der Waals surface area contributed by atoms with Crippen LogP contribution in [0.5, 0.6) is 0 Å². The van der Waals surface area contributed by atoms with Crippen LogP contribution in [0.2, 0.25) is 0 Å². The Hall–Kier alpha value is -1.96. The van der Waals surface area contributed by atoms with Crippen LogP contribution >= 0.6 is 0 Å². The van der Waals surface area contributed by atoms with Crippen LogP contribution in [0.1, 0.15) is 26.7 Å². The molecule has 0 amide bonds. The molecule has 21 heavy (non-hydrogen) atoms. The van der Waals surface area contributed by atoms with Crippen LogP contribution in [-0.4, -0.2) is 53.0 Å². The van der Waals surface area contributed by atoms with E-state index in [9.17, 15) is 10.1 Å². The highest BCUT2D eigenvalue weighted by molar-refractivity contribution is 5.56. The summed E-state index contributed by atoms with van der Waals surface area (Å²) in [6.07, 6.45) is 3.17. The van der Waals surface area contributed by atoms with E-state index >= 15 is 0 Å². The van der Waals surface area contributed by atoms with Crippen LogP contribution in [0.4, 0.5) is 17.5 Å². The first kappa shape index (κ1) is 17.1. The molecule has 1 aromatic heterocycles. The number of aromatic nitrogens is 2. The Morgan fingerprint density at radius 3 is 2.71 bits per heavy atom. The summed E-state index contributed by atoms with van der Waals surface area (Å²) in [4.78, 5) is 20.7. The van der Waals surface area contributed by atoms with Crippen molar-refractivity contribution in [2.45, 2.75) is 32.7 Å². The third-order valence-electron chi connectivity index (χ3n) is 3.30. The molecule has 0 bridgehead atoms. The van der Waals surface area contributed by atoms with Crippen molar-refractivity contribution in [1.82, 2.24) is 14.9 Å². The minimum atomic E-state index is -0.478. The van der Waals surface area contributed by atoms with Gasteiger partial charge in [-0.2, -0.15) is 4.98 Å². The summed E-state index contributed by atoms with van der Waals surface area (Å²) < 4.78 is 0. The number of nitro groups is 1. The molecule has 1 rings (SSSR count). The second-order valence-corrected chi connectivity index (χ2v) is 5.14. The first-order valence-corrected chi connectivity index (χ1v) is 7.09. The lowest BCUT2D eigenvalue weighted by Gasteiger charge is -2.20. The number of nitrogens with zero attached hydrogens (tertiary/aromatic N) is 4. The van der Waals surface area contributed by atoms with E-state index in [-0.39, 0.29) is 11.5 Å². The molecule has 0 aliphatic rings. The van der Waals surface area contributed by atoms with Gasteiger partial charge in [-0.15, -0.1) is 0 Å². The lowest BCUT2D eigenvalue weighted by Crippen LogP contribution is -2.27. The van der Waals surface area contributed by atoms with Gasteiger partial charge in [0, 0.05) is 19.6 Å². The lowest BCUT2D eigenvalue weighted by molar-refractivity contribution is -0.384. The van der Waals surface area contributed by atoms with Crippen molar-refractivity contribution in [2.24, 2.45) is 0 Å². The van der Waals surface area contributed by atoms with Gasteiger partial charge in [0.1, 0.15) is 6.20 Å². The van der Waals surface area contributed by atoms with E-state index in [2.05, 4.69) is 46.4 Å². The van der Waals surface area contributed by atoms with Crippen molar-refractivity contribution in [3.63, 3.8) is 0 Å². The average Bonchev–Trinajstić information content (AvgIpc) is 2.45. The predicted molar refractivity (Wildman–Crippen MR) is 83.7 cm³/mol. The van der Waals surface area contributed by atoms with Crippen molar-refractivity contribution in [3.8, 4) is 0 Å². The maximum Gasteiger partial charge on any atom is 0.329 e. The third-order valence-corrected chi connectivity index (χ3v) is 3.30. The summed E-state index contributed by atoms with van der Waals surface area (Å²) in [5, 5.41) is 16.7. The molecule has 0 atom stereocenters. The van der Waals surface area contributed by atoms with E-state index in [0.717, 1.165) is 19.4 Å². The van der Waals surface area contributed by atoms with Gasteiger partial charge in [0.25, 0.3) is 0 Å². The highest BCUT2D eigenvalue weighted by Gasteiger charge is 2.16. The molecule has 0 saturated heterocycles. The highest BCUT2D eigenvalue weighted by atomic mass is 16.6. The second kappa shape index (κ2) is 8.35. The Kier molecular flexibility index (Phi) is 6.80. The van der Waals surface area contributed by atoms with Crippen LogP contribution in [0, 0.1) is 10.1 Å². The number of nitrogens with one attached hydrogen (secondary N) is 2. The van der Waals surface area contributed by atoms with Gasteiger partial charge in [0.15, 0.2) is 0 Å². The molecule has 0 spiro atoms. The molecule has 1 aromatic rings. The average molecular weight is 296 g/mol. The molecule has 0 aromatic carbocycles. The van der Waals surface area contributed by atoms with Gasteiger partial charge >= 0.3 is 5.69 Å². The van der Waals surface area contributed by atoms with E-state index in [0.29, 0.717) is 18.5 Å². The SMILES string of the molecule is CNc1ncc([N+](=O)[O-])c(NCCCCN(C)C(C)C)n1. The molecule has 0 unspecified atom stereocenters. The van der Waals surface area contributed by atoms with Gasteiger partial charge in [-0.1, -0.05) is 0 Å². The minimum Gasteiger partial charge on any atom is -0.364 e. The fourth-order valence-electron chi connectivity index (χ4n) is 1.71. The van der Waals surface area contributed by atoms with E-state index < -0.39 is 4.92 Å². The van der Waals surface area contributed by atoms with Gasteiger partial charge in [-0.3, -0.25) is 10.1 Å². The van der Waals surface area contributed by atoms with Gasteiger partial charge in [0.2, 0.25) is 11.8 Å². The van der Waals surface area contributed by atoms with Gasteiger partial charge in [0.05, 0.1) is 4.92 Å². The monoisotopic (exact) mass is 296 g/mol. The summed E-state index contributed by atoms with van der Waals surface area (Å²) in [5.74, 6) is 0.624. The molecular formula is C13H24N6O2. The first-order valence-electron chi connectivity index (χ1n) is 7.09. The molecular weight excluding hydrogens is 272 g/mol. The van der Waals surface area contributed by atoms with Crippen molar-refractivity contribution in [3.05, 3.63) is 16.3 Å². The quantitative estimate of drug-likeness (QED) is 0.408. The van der Waals surface area contributed by atoms with Crippen LogP contribution in [0.15, 0.2) is 6.20 Å². The standard InChI is InChI=1S/C13H24N6O2/c1-10(2)18(4)8-6-5-7-15-12-11(19(20)21)9-16-13(14-3)17-12/h9-10H,5-8H2,1-4H3,(H2,14,15,16,17). The fraction of sp³-hybridized carbons (Fsp3) is 0.692. The van der Waals surface area contributed by atoms with Crippen molar-refractivity contribution < 1.29 is 4.92 Å². The van der Waals surface area contributed by atoms with Crippen molar-refractivity contribution in [1.29, 1.82) is 0 Å². The van der Waals surface area contributed by atoms with Crippen LogP contribution in [-0.2, 0) is 0 Å². The normalized spacial score (nSPS) is 11.0.